The van der Waals surface area contributed by atoms with Crippen LogP contribution in [0.25, 0.3) is 5.78 Å². The Morgan fingerprint density at radius 3 is 2.48 bits per heavy atom. The molecule has 4 rings (SSSR count). The quantitative estimate of drug-likeness (QED) is 0.300. The number of carbonyl (C=O) groups excluding carboxylic acids is 2. The van der Waals surface area contributed by atoms with Crippen molar-refractivity contribution in [1.29, 1.82) is 0 Å². The highest BCUT2D eigenvalue weighted by Crippen LogP contribution is 2.25. The van der Waals surface area contributed by atoms with Gasteiger partial charge in [0, 0.05) is 29.1 Å². The fourth-order valence-electron chi connectivity index (χ4n) is 3.13. The van der Waals surface area contributed by atoms with Crippen molar-refractivity contribution >= 4 is 28.8 Å². The molecule has 0 saturated carbocycles. The fraction of sp³-hybridized carbons (Fsp3) is 0.0952. The number of aromatic nitrogens is 4. The van der Waals surface area contributed by atoms with E-state index in [1.165, 1.54) is 16.6 Å². The molecule has 0 unspecified atom stereocenters. The lowest BCUT2D eigenvalue weighted by Gasteiger charge is -2.09. The van der Waals surface area contributed by atoms with Crippen LogP contribution in [0.2, 0.25) is 0 Å². The third-order valence-corrected chi connectivity index (χ3v) is 4.56. The van der Waals surface area contributed by atoms with Gasteiger partial charge in [0.2, 0.25) is 5.82 Å². The number of hydrogen-bond acceptors (Lipinski definition) is 7. The van der Waals surface area contributed by atoms with Gasteiger partial charge in [-0.1, -0.05) is 30.3 Å². The molecule has 10 nitrogen and oxygen atoms in total. The molecule has 0 aliphatic heterocycles. The summed E-state index contributed by atoms with van der Waals surface area (Å²) in [7, 11) is 0. The number of non-ortho nitro benzene ring substituents is 1. The van der Waals surface area contributed by atoms with E-state index < -0.39 is 16.6 Å². The Labute approximate surface area is 175 Å². The molecule has 0 fully saturated rings. The minimum atomic E-state index is -0.668. The maximum absolute atomic E-state index is 13.0. The zero-order valence-corrected chi connectivity index (χ0v) is 16.6. The number of fused-ring (bicyclic) bond motifs is 1. The van der Waals surface area contributed by atoms with E-state index in [1.54, 1.807) is 43.3 Å². The summed E-state index contributed by atoms with van der Waals surface area (Å²) in [5.41, 5.74) is 1.66. The molecule has 2 aromatic heterocycles. The molecule has 0 spiro atoms. The van der Waals surface area contributed by atoms with Gasteiger partial charge in [-0.15, -0.1) is 5.10 Å². The summed E-state index contributed by atoms with van der Waals surface area (Å²) in [6.45, 7) is 3.62. The van der Waals surface area contributed by atoms with E-state index in [9.17, 15) is 19.7 Å². The molecule has 1 N–H and O–H groups in total. The number of rotatable bonds is 5. The second kappa shape index (κ2) is 7.75. The number of nitro benzene ring substituents is 1. The number of nitrogens with zero attached hydrogens (tertiary/aromatic N) is 5. The van der Waals surface area contributed by atoms with Gasteiger partial charge in [0.15, 0.2) is 5.78 Å². The molecule has 1 amide bonds. The van der Waals surface area contributed by atoms with Crippen molar-refractivity contribution in [3.63, 3.8) is 0 Å². The molecule has 0 aliphatic rings. The van der Waals surface area contributed by atoms with Crippen molar-refractivity contribution < 1.29 is 14.5 Å². The second-order valence-corrected chi connectivity index (χ2v) is 6.82. The number of hydrogen-bond donors (Lipinski definition) is 1. The summed E-state index contributed by atoms with van der Waals surface area (Å²) in [6, 6.07) is 13.8. The standard InChI is InChI=1S/C21H16N6O4/c1-12-10-13(2)26-21(22-12)24-19(25-26)20(29)23-17-9-8-15(27(30)31)11-16(17)18(28)14-6-4-3-5-7-14/h3-11H,1-2H3,(H,23,29). The van der Waals surface area contributed by atoms with Crippen molar-refractivity contribution in [2.75, 3.05) is 5.32 Å². The van der Waals surface area contributed by atoms with Gasteiger partial charge >= 0.3 is 0 Å². The van der Waals surface area contributed by atoms with Gasteiger partial charge in [-0.25, -0.2) is 9.50 Å². The molecule has 31 heavy (non-hydrogen) atoms. The van der Waals surface area contributed by atoms with Crippen molar-refractivity contribution in [3.8, 4) is 0 Å². The van der Waals surface area contributed by atoms with Gasteiger partial charge in [-0.3, -0.25) is 19.7 Å². The molecule has 2 heterocycles. The summed E-state index contributed by atoms with van der Waals surface area (Å²) in [4.78, 5) is 44.7. The van der Waals surface area contributed by atoms with Crippen molar-refractivity contribution in [1.82, 2.24) is 19.6 Å². The first kappa shape index (κ1) is 19.8. The minimum absolute atomic E-state index is 0.0114. The second-order valence-electron chi connectivity index (χ2n) is 6.82. The van der Waals surface area contributed by atoms with Crippen molar-refractivity contribution in [2.24, 2.45) is 0 Å². The summed E-state index contributed by atoms with van der Waals surface area (Å²) < 4.78 is 1.44. The van der Waals surface area contributed by atoms with Gasteiger partial charge in [-0.2, -0.15) is 4.98 Å². The zero-order chi connectivity index (χ0) is 22.1. The maximum atomic E-state index is 13.0. The number of nitrogens with one attached hydrogen (secondary N) is 1. The highest BCUT2D eigenvalue weighted by atomic mass is 16.6. The SMILES string of the molecule is Cc1cc(C)n2nc(C(=O)Nc3ccc([N+](=O)[O-])cc3C(=O)c3ccccc3)nc2n1. The lowest BCUT2D eigenvalue weighted by Crippen LogP contribution is -2.17. The lowest BCUT2D eigenvalue weighted by molar-refractivity contribution is -0.384. The van der Waals surface area contributed by atoms with Gasteiger partial charge in [0.25, 0.3) is 17.4 Å². The number of amides is 1. The summed E-state index contributed by atoms with van der Waals surface area (Å²) in [6.07, 6.45) is 0. The molecule has 0 bridgehead atoms. The third kappa shape index (κ3) is 3.86. The van der Waals surface area contributed by atoms with Gasteiger partial charge in [0.05, 0.1) is 16.2 Å². The van der Waals surface area contributed by atoms with Crippen LogP contribution in [-0.2, 0) is 0 Å². The highest BCUT2D eigenvalue weighted by molar-refractivity contribution is 6.15. The monoisotopic (exact) mass is 416 g/mol. The summed E-state index contributed by atoms with van der Waals surface area (Å²) in [5, 5.41) is 18.0. The van der Waals surface area contributed by atoms with E-state index in [0.717, 1.165) is 17.5 Å². The molecule has 0 aliphatic carbocycles. The van der Waals surface area contributed by atoms with Crippen LogP contribution in [0.15, 0.2) is 54.6 Å². The maximum Gasteiger partial charge on any atom is 0.295 e. The zero-order valence-electron chi connectivity index (χ0n) is 16.6. The summed E-state index contributed by atoms with van der Waals surface area (Å²) >= 11 is 0. The number of aryl methyl sites for hydroxylation is 2. The average molecular weight is 416 g/mol. The van der Waals surface area contributed by atoms with Crippen molar-refractivity contribution in [3.05, 3.63) is 93.1 Å². The van der Waals surface area contributed by atoms with Crippen LogP contribution in [0.4, 0.5) is 11.4 Å². The Morgan fingerprint density at radius 2 is 1.77 bits per heavy atom. The highest BCUT2D eigenvalue weighted by Gasteiger charge is 2.22. The predicted molar refractivity (Wildman–Crippen MR) is 111 cm³/mol. The molecule has 0 radical (unpaired) electrons. The first-order chi connectivity index (χ1) is 14.8. The topological polar surface area (TPSA) is 132 Å². The molecular formula is C21H16N6O4. The first-order valence-corrected chi connectivity index (χ1v) is 9.24. The Hall–Kier alpha value is -4.47. The van der Waals surface area contributed by atoms with Crippen LogP contribution >= 0.6 is 0 Å². The number of benzene rings is 2. The Kier molecular flexibility index (Phi) is 4.96. The predicted octanol–water partition coefficient (Wildman–Crippen LogP) is 3.13. The van der Waals surface area contributed by atoms with Gasteiger partial charge < -0.3 is 5.32 Å². The minimum Gasteiger partial charge on any atom is -0.318 e. The van der Waals surface area contributed by atoms with Crippen LogP contribution in [0, 0.1) is 24.0 Å². The van der Waals surface area contributed by atoms with Crippen LogP contribution in [0.3, 0.4) is 0 Å². The molecule has 4 aromatic rings. The van der Waals surface area contributed by atoms with E-state index >= 15 is 0 Å². The number of carbonyl (C=O) groups is 2. The molecule has 2 aromatic carbocycles. The molecular weight excluding hydrogens is 400 g/mol. The fourth-order valence-corrected chi connectivity index (χ4v) is 3.13. The van der Waals surface area contributed by atoms with E-state index in [0.29, 0.717) is 5.56 Å². The molecule has 154 valence electrons. The Morgan fingerprint density at radius 1 is 1.03 bits per heavy atom. The Balaban J connectivity index is 1.72. The normalized spacial score (nSPS) is 10.8. The molecule has 10 heteroatoms. The van der Waals surface area contributed by atoms with E-state index in [1.807, 2.05) is 6.92 Å². The van der Waals surface area contributed by atoms with Gasteiger partial charge in [-0.05, 0) is 26.0 Å². The van der Waals surface area contributed by atoms with E-state index in [2.05, 4.69) is 20.4 Å². The largest absolute Gasteiger partial charge is 0.318 e. The van der Waals surface area contributed by atoms with Gasteiger partial charge in [0.1, 0.15) is 0 Å². The lowest BCUT2D eigenvalue weighted by atomic mass is 10.0. The summed E-state index contributed by atoms with van der Waals surface area (Å²) in [5.74, 6) is -1.00. The van der Waals surface area contributed by atoms with Crippen LogP contribution in [-0.4, -0.2) is 36.2 Å². The Bertz CT molecular complexity index is 1350. The van der Waals surface area contributed by atoms with E-state index in [4.69, 9.17) is 0 Å². The number of ketones is 1. The van der Waals surface area contributed by atoms with E-state index in [-0.39, 0.29) is 28.5 Å². The smallest absolute Gasteiger partial charge is 0.295 e. The number of nitro groups is 1. The van der Waals surface area contributed by atoms with Crippen LogP contribution in [0.5, 0.6) is 0 Å². The van der Waals surface area contributed by atoms with Crippen LogP contribution < -0.4 is 5.32 Å². The number of anilines is 1. The first-order valence-electron chi connectivity index (χ1n) is 9.24. The van der Waals surface area contributed by atoms with Crippen LogP contribution in [0.1, 0.15) is 37.9 Å². The third-order valence-electron chi connectivity index (χ3n) is 4.56. The van der Waals surface area contributed by atoms with Crippen molar-refractivity contribution in [2.45, 2.75) is 13.8 Å². The molecule has 0 atom stereocenters. The molecule has 0 saturated heterocycles. The average Bonchev–Trinajstić information content (AvgIpc) is 3.18.